The predicted octanol–water partition coefficient (Wildman–Crippen LogP) is 3.93. The Kier molecular flexibility index (Phi) is 4.29. The highest BCUT2D eigenvalue weighted by Crippen LogP contribution is 2.30. The molecule has 0 N–H and O–H groups in total. The highest BCUT2D eigenvalue weighted by Gasteiger charge is 2.23. The van der Waals surface area contributed by atoms with E-state index in [1.165, 1.54) is 11.3 Å². The molecule has 1 amide bonds. The molecule has 0 spiro atoms. The topological polar surface area (TPSA) is 29.5 Å². The smallest absolute Gasteiger partial charge is 0.264 e. The van der Waals surface area contributed by atoms with Crippen LogP contribution in [0.15, 0.2) is 36.4 Å². The number of benzene rings is 1. The van der Waals surface area contributed by atoms with Crippen LogP contribution in [0.25, 0.3) is 10.4 Å². The minimum Gasteiger partial charge on any atom is -0.375 e. The van der Waals surface area contributed by atoms with Gasteiger partial charge in [0, 0.05) is 23.0 Å². The summed E-state index contributed by atoms with van der Waals surface area (Å²) in [5.74, 6) is 0.0929. The van der Waals surface area contributed by atoms with Crippen molar-refractivity contribution in [2.75, 3.05) is 19.7 Å². The van der Waals surface area contributed by atoms with Crippen molar-refractivity contribution in [3.05, 3.63) is 46.3 Å². The molecule has 1 aliphatic rings. The summed E-state index contributed by atoms with van der Waals surface area (Å²) in [4.78, 5) is 16.2. The number of amides is 1. The van der Waals surface area contributed by atoms with Crippen molar-refractivity contribution in [1.82, 2.24) is 4.90 Å². The first-order chi connectivity index (χ1) is 10.1. The van der Waals surface area contributed by atoms with Gasteiger partial charge >= 0.3 is 0 Å². The highest BCUT2D eigenvalue weighted by atomic mass is 35.5. The van der Waals surface area contributed by atoms with E-state index >= 15 is 0 Å². The summed E-state index contributed by atoms with van der Waals surface area (Å²) in [7, 11) is 0. The second-order valence-electron chi connectivity index (χ2n) is 5.10. The molecule has 1 aliphatic heterocycles. The van der Waals surface area contributed by atoms with Gasteiger partial charge in [-0.3, -0.25) is 4.79 Å². The Hall–Kier alpha value is -1.36. The van der Waals surface area contributed by atoms with Crippen LogP contribution in [0.5, 0.6) is 0 Å². The Balaban J connectivity index is 1.78. The fraction of sp³-hybridized carbons (Fsp3) is 0.312. The molecule has 5 heteroatoms. The minimum atomic E-state index is 0.0929. The van der Waals surface area contributed by atoms with Gasteiger partial charge in [0.25, 0.3) is 5.91 Å². The van der Waals surface area contributed by atoms with Gasteiger partial charge in [0.15, 0.2) is 0 Å². The summed E-state index contributed by atoms with van der Waals surface area (Å²) in [5.41, 5.74) is 1.08. The van der Waals surface area contributed by atoms with Crippen molar-refractivity contribution in [3.8, 4) is 10.4 Å². The number of hydrogen-bond donors (Lipinski definition) is 0. The minimum absolute atomic E-state index is 0.0929. The maximum Gasteiger partial charge on any atom is 0.264 e. The normalized spacial score (nSPS) is 18.8. The van der Waals surface area contributed by atoms with Crippen LogP contribution in [-0.4, -0.2) is 36.6 Å². The van der Waals surface area contributed by atoms with E-state index in [-0.39, 0.29) is 12.0 Å². The molecule has 0 bridgehead atoms. The number of ether oxygens (including phenoxy) is 1. The summed E-state index contributed by atoms with van der Waals surface area (Å²) < 4.78 is 5.48. The molecule has 1 saturated heterocycles. The Morgan fingerprint density at radius 3 is 2.76 bits per heavy atom. The molecular formula is C16H16ClNO2S. The number of morpholine rings is 1. The van der Waals surface area contributed by atoms with Crippen LogP contribution in [0.1, 0.15) is 16.6 Å². The SMILES string of the molecule is CC1CN(C(=O)c2ccc(-c3ccc(Cl)cc3)s2)CCO1. The standard InChI is InChI=1S/C16H16ClNO2S/c1-11-10-18(8-9-20-11)16(19)15-7-6-14(21-15)12-2-4-13(17)5-3-12/h2-7,11H,8-10H2,1H3. The van der Waals surface area contributed by atoms with E-state index in [1.807, 2.05) is 48.2 Å². The van der Waals surface area contributed by atoms with Crippen LogP contribution in [0.3, 0.4) is 0 Å². The van der Waals surface area contributed by atoms with E-state index in [2.05, 4.69) is 0 Å². The van der Waals surface area contributed by atoms with E-state index in [4.69, 9.17) is 16.3 Å². The molecule has 0 aliphatic carbocycles. The first-order valence-electron chi connectivity index (χ1n) is 6.90. The van der Waals surface area contributed by atoms with Gasteiger partial charge in [-0.2, -0.15) is 0 Å². The lowest BCUT2D eigenvalue weighted by atomic mass is 10.2. The van der Waals surface area contributed by atoms with Gasteiger partial charge in [0.1, 0.15) is 0 Å². The van der Waals surface area contributed by atoms with E-state index in [9.17, 15) is 4.79 Å². The van der Waals surface area contributed by atoms with Crippen molar-refractivity contribution in [1.29, 1.82) is 0 Å². The van der Waals surface area contributed by atoms with Crippen molar-refractivity contribution in [3.63, 3.8) is 0 Å². The fourth-order valence-electron chi connectivity index (χ4n) is 2.38. The molecule has 1 atom stereocenters. The third-order valence-electron chi connectivity index (χ3n) is 3.47. The van der Waals surface area contributed by atoms with E-state index in [0.717, 1.165) is 15.3 Å². The van der Waals surface area contributed by atoms with Gasteiger partial charge in [0.2, 0.25) is 0 Å². The molecule has 1 aromatic carbocycles. The Morgan fingerprint density at radius 1 is 1.29 bits per heavy atom. The quantitative estimate of drug-likeness (QED) is 0.838. The van der Waals surface area contributed by atoms with Crippen molar-refractivity contribution >= 4 is 28.8 Å². The van der Waals surface area contributed by atoms with Gasteiger partial charge in [0.05, 0.1) is 17.6 Å². The number of nitrogens with zero attached hydrogens (tertiary/aromatic N) is 1. The van der Waals surface area contributed by atoms with Crippen molar-refractivity contribution in [2.45, 2.75) is 13.0 Å². The zero-order valence-corrected chi connectivity index (χ0v) is 13.3. The van der Waals surface area contributed by atoms with Gasteiger partial charge in [-0.05, 0) is 36.8 Å². The average Bonchev–Trinajstić information content (AvgIpc) is 2.97. The monoisotopic (exact) mass is 321 g/mol. The van der Waals surface area contributed by atoms with Gasteiger partial charge < -0.3 is 9.64 Å². The Bertz CT molecular complexity index is 638. The molecule has 1 aromatic heterocycles. The number of carbonyl (C=O) groups excluding carboxylic acids is 1. The Labute approximate surface area is 133 Å². The summed E-state index contributed by atoms with van der Waals surface area (Å²) >= 11 is 7.42. The molecule has 0 saturated carbocycles. The molecule has 110 valence electrons. The number of rotatable bonds is 2. The lowest BCUT2D eigenvalue weighted by Gasteiger charge is -2.30. The van der Waals surface area contributed by atoms with Gasteiger partial charge in [-0.15, -0.1) is 11.3 Å². The maximum absolute atomic E-state index is 12.5. The zero-order chi connectivity index (χ0) is 14.8. The van der Waals surface area contributed by atoms with E-state index in [0.29, 0.717) is 24.7 Å². The third kappa shape index (κ3) is 3.28. The fourth-order valence-corrected chi connectivity index (χ4v) is 3.49. The van der Waals surface area contributed by atoms with Gasteiger partial charge in [-0.1, -0.05) is 23.7 Å². The number of carbonyl (C=O) groups is 1. The molecular weight excluding hydrogens is 306 g/mol. The van der Waals surface area contributed by atoms with Crippen LogP contribution in [0.4, 0.5) is 0 Å². The summed E-state index contributed by atoms with van der Waals surface area (Å²) in [5, 5.41) is 0.717. The van der Waals surface area contributed by atoms with Crippen LogP contribution in [0.2, 0.25) is 5.02 Å². The maximum atomic E-state index is 12.5. The number of halogens is 1. The second kappa shape index (κ2) is 6.18. The molecule has 3 nitrogen and oxygen atoms in total. The first kappa shape index (κ1) is 14.6. The lowest BCUT2D eigenvalue weighted by Crippen LogP contribution is -2.44. The van der Waals surface area contributed by atoms with Gasteiger partial charge in [-0.25, -0.2) is 0 Å². The summed E-state index contributed by atoms with van der Waals surface area (Å²) in [6.07, 6.45) is 0.110. The molecule has 1 unspecified atom stereocenters. The van der Waals surface area contributed by atoms with E-state index < -0.39 is 0 Å². The van der Waals surface area contributed by atoms with E-state index in [1.54, 1.807) is 0 Å². The second-order valence-corrected chi connectivity index (χ2v) is 6.62. The number of thiophene rings is 1. The predicted molar refractivity (Wildman–Crippen MR) is 86.1 cm³/mol. The van der Waals surface area contributed by atoms with Crippen LogP contribution >= 0.6 is 22.9 Å². The third-order valence-corrected chi connectivity index (χ3v) is 4.85. The molecule has 3 rings (SSSR count). The Morgan fingerprint density at radius 2 is 2.05 bits per heavy atom. The van der Waals surface area contributed by atoms with Crippen LogP contribution < -0.4 is 0 Å². The molecule has 0 radical (unpaired) electrons. The van der Waals surface area contributed by atoms with Crippen LogP contribution in [0, 0.1) is 0 Å². The number of hydrogen-bond acceptors (Lipinski definition) is 3. The average molecular weight is 322 g/mol. The summed E-state index contributed by atoms with van der Waals surface area (Å²) in [6, 6.07) is 11.6. The molecule has 2 aromatic rings. The largest absolute Gasteiger partial charge is 0.375 e. The van der Waals surface area contributed by atoms with Crippen molar-refractivity contribution in [2.24, 2.45) is 0 Å². The first-order valence-corrected chi connectivity index (χ1v) is 8.09. The molecule has 2 heterocycles. The zero-order valence-electron chi connectivity index (χ0n) is 11.7. The lowest BCUT2D eigenvalue weighted by molar-refractivity contribution is -0.0122. The molecule has 1 fully saturated rings. The van der Waals surface area contributed by atoms with Crippen molar-refractivity contribution < 1.29 is 9.53 Å². The summed E-state index contributed by atoms with van der Waals surface area (Å²) in [6.45, 7) is 3.93. The molecule has 21 heavy (non-hydrogen) atoms. The highest BCUT2D eigenvalue weighted by molar-refractivity contribution is 7.17. The van der Waals surface area contributed by atoms with Crippen LogP contribution in [-0.2, 0) is 4.74 Å².